The van der Waals surface area contributed by atoms with Gasteiger partial charge in [0.1, 0.15) is 0 Å². The zero-order valence-electron chi connectivity index (χ0n) is 12.3. The first-order valence-corrected chi connectivity index (χ1v) is 7.81. The third kappa shape index (κ3) is 3.27. The van der Waals surface area contributed by atoms with Gasteiger partial charge in [-0.05, 0) is 72.8 Å². The predicted octanol–water partition coefficient (Wildman–Crippen LogP) is 4.38. The summed E-state index contributed by atoms with van der Waals surface area (Å²) in [5.74, 6) is 0.860. The second-order valence-corrected chi connectivity index (χ2v) is 6.17. The Morgan fingerprint density at radius 3 is 2.85 bits per heavy atom. The molecule has 0 bridgehead atoms. The van der Waals surface area contributed by atoms with Crippen molar-refractivity contribution in [2.75, 3.05) is 0 Å². The fourth-order valence-electron chi connectivity index (χ4n) is 3.19. The molecule has 20 heavy (non-hydrogen) atoms. The number of fused-ring (bicyclic) bond motifs is 1. The standard InChI is InChI=1S/C19H23N/c1-15-7-9-19-13-16(8-10-18(19)12-15)4-2-5-17-6-3-11-20-14-17/h3,6,8,10-11,13-15H,2,4-5,7,9,12H2,1H3/t15-/m0/s1. The molecular weight excluding hydrogens is 242 g/mol. The number of hydrogen-bond donors (Lipinski definition) is 0. The maximum atomic E-state index is 4.18. The van der Waals surface area contributed by atoms with E-state index in [1.807, 2.05) is 18.5 Å². The molecule has 1 heteroatoms. The van der Waals surface area contributed by atoms with E-state index in [9.17, 15) is 0 Å². The van der Waals surface area contributed by atoms with E-state index in [1.54, 1.807) is 11.1 Å². The van der Waals surface area contributed by atoms with Crippen LogP contribution in [0.15, 0.2) is 42.7 Å². The van der Waals surface area contributed by atoms with E-state index in [2.05, 4.69) is 36.2 Å². The molecule has 2 aromatic rings. The average Bonchev–Trinajstić information content (AvgIpc) is 2.48. The molecule has 104 valence electrons. The van der Waals surface area contributed by atoms with Gasteiger partial charge in [0.05, 0.1) is 0 Å². The van der Waals surface area contributed by atoms with Gasteiger partial charge in [-0.3, -0.25) is 4.98 Å². The number of pyridine rings is 1. The molecule has 1 aliphatic rings. The van der Waals surface area contributed by atoms with Crippen LogP contribution in [0.3, 0.4) is 0 Å². The summed E-state index contributed by atoms with van der Waals surface area (Å²) in [6.07, 6.45) is 11.2. The van der Waals surface area contributed by atoms with Gasteiger partial charge in [0.2, 0.25) is 0 Å². The molecule has 1 aromatic heterocycles. The Hall–Kier alpha value is -1.63. The molecule has 3 rings (SSSR count). The number of rotatable bonds is 4. The first-order chi connectivity index (χ1) is 9.81. The molecule has 1 nitrogen and oxygen atoms in total. The number of aromatic nitrogens is 1. The van der Waals surface area contributed by atoms with E-state index in [-0.39, 0.29) is 0 Å². The fourth-order valence-corrected chi connectivity index (χ4v) is 3.19. The third-order valence-electron chi connectivity index (χ3n) is 4.40. The topological polar surface area (TPSA) is 12.9 Å². The van der Waals surface area contributed by atoms with Crippen LogP contribution >= 0.6 is 0 Å². The molecule has 1 atom stereocenters. The van der Waals surface area contributed by atoms with Crippen LogP contribution in [-0.4, -0.2) is 4.98 Å². The van der Waals surface area contributed by atoms with Crippen molar-refractivity contribution in [2.24, 2.45) is 5.92 Å². The lowest BCUT2D eigenvalue weighted by molar-refractivity contribution is 0.501. The molecule has 1 aromatic carbocycles. The summed E-state index contributed by atoms with van der Waals surface area (Å²) in [5, 5.41) is 0. The van der Waals surface area contributed by atoms with Gasteiger partial charge in [-0.15, -0.1) is 0 Å². The lowest BCUT2D eigenvalue weighted by Crippen LogP contribution is -2.11. The Labute approximate surface area is 122 Å². The number of hydrogen-bond acceptors (Lipinski definition) is 1. The second-order valence-electron chi connectivity index (χ2n) is 6.17. The van der Waals surface area contributed by atoms with Gasteiger partial charge in [0.15, 0.2) is 0 Å². The van der Waals surface area contributed by atoms with Crippen molar-refractivity contribution < 1.29 is 0 Å². The van der Waals surface area contributed by atoms with E-state index in [0.29, 0.717) is 0 Å². The maximum Gasteiger partial charge on any atom is 0.0299 e. The van der Waals surface area contributed by atoms with E-state index in [1.165, 1.54) is 43.2 Å². The average molecular weight is 265 g/mol. The van der Waals surface area contributed by atoms with Gasteiger partial charge in [-0.25, -0.2) is 0 Å². The summed E-state index contributed by atoms with van der Waals surface area (Å²) < 4.78 is 0. The zero-order chi connectivity index (χ0) is 13.8. The molecule has 0 radical (unpaired) electrons. The largest absolute Gasteiger partial charge is 0.264 e. The highest BCUT2D eigenvalue weighted by Gasteiger charge is 2.14. The minimum absolute atomic E-state index is 0.860. The summed E-state index contributed by atoms with van der Waals surface area (Å²) in [6, 6.07) is 11.3. The first kappa shape index (κ1) is 13.4. The fraction of sp³-hybridized carbons (Fsp3) is 0.421. The molecule has 0 spiro atoms. The Kier molecular flexibility index (Phi) is 4.15. The Balaban J connectivity index is 1.58. The highest BCUT2D eigenvalue weighted by Crippen LogP contribution is 2.26. The van der Waals surface area contributed by atoms with Crippen LogP contribution in [0.4, 0.5) is 0 Å². The molecular formula is C19H23N. The SMILES string of the molecule is C[C@H]1CCc2cc(CCCc3cccnc3)ccc2C1. The van der Waals surface area contributed by atoms with Gasteiger partial charge in [-0.2, -0.15) is 0 Å². The number of nitrogens with zero attached hydrogens (tertiary/aromatic N) is 1. The summed E-state index contributed by atoms with van der Waals surface area (Å²) in [7, 11) is 0. The maximum absolute atomic E-state index is 4.18. The summed E-state index contributed by atoms with van der Waals surface area (Å²) in [4.78, 5) is 4.18. The van der Waals surface area contributed by atoms with Crippen molar-refractivity contribution >= 4 is 0 Å². The van der Waals surface area contributed by atoms with Crippen LogP contribution in [0.2, 0.25) is 0 Å². The van der Waals surface area contributed by atoms with Crippen LogP contribution < -0.4 is 0 Å². The molecule has 0 aliphatic heterocycles. The van der Waals surface area contributed by atoms with Crippen molar-refractivity contribution in [3.8, 4) is 0 Å². The van der Waals surface area contributed by atoms with Gasteiger partial charge in [0, 0.05) is 12.4 Å². The molecule has 0 saturated heterocycles. The molecule has 0 amide bonds. The van der Waals surface area contributed by atoms with E-state index in [0.717, 1.165) is 12.3 Å². The van der Waals surface area contributed by atoms with E-state index < -0.39 is 0 Å². The third-order valence-corrected chi connectivity index (χ3v) is 4.40. The second kappa shape index (κ2) is 6.21. The first-order valence-electron chi connectivity index (χ1n) is 7.81. The van der Waals surface area contributed by atoms with Gasteiger partial charge in [-0.1, -0.05) is 31.2 Å². The number of benzene rings is 1. The lowest BCUT2D eigenvalue weighted by Gasteiger charge is -2.22. The molecule has 0 N–H and O–H groups in total. The Morgan fingerprint density at radius 2 is 2.00 bits per heavy atom. The van der Waals surface area contributed by atoms with Crippen LogP contribution in [-0.2, 0) is 25.7 Å². The van der Waals surface area contributed by atoms with Gasteiger partial charge < -0.3 is 0 Å². The quantitative estimate of drug-likeness (QED) is 0.799. The molecule has 0 unspecified atom stereocenters. The summed E-state index contributed by atoms with van der Waals surface area (Å²) in [5.41, 5.74) is 6.03. The zero-order valence-corrected chi connectivity index (χ0v) is 12.3. The van der Waals surface area contributed by atoms with Crippen LogP contribution in [0, 0.1) is 5.92 Å². The van der Waals surface area contributed by atoms with Crippen molar-refractivity contribution in [2.45, 2.75) is 45.4 Å². The molecule has 1 heterocycles. The minimum Gasteiger partial charge on any atom is -0.264 e. The van der Waals surface area contributed by atoms with E-state index in [4.69, 9.17) is 0 Å². The molecule has 0 saturated carbocycles. The monoisotopic (exact) mass is 265 g/mol. The Morgan fingerprint density at radius 1 is 1.10 bits per heavy atom. The summed E-state index contributed by atoms with van der Waals surface area (Å²) in [6.45, 7) is 2.37. The van der Waals surface area contributed by atoms with E-state index >= 15 is 0 Å². The minimum atomic E-state index is 0.860. The van der Waals surface area contributed by atoms with Crippen LogP contribution in [0.25, 0.3) is 0 Å². The predicted molar refractivity (Wildman–Crippen MR) is 83.9 cm³/mol. The van der Waals surface area contributed by atoms with Crippen molar-refractivity contribution in [3.05, 3.63) is 65.0 Å². The van der Waals surface area contributed by atoms with Crippen molar-refractivity contribution in [3.63, 3.8) is 0 Å². The van der Waals surface area contributed by atoms with Gasteiger partial charge in [0.25, 0.3) is 0 Å². The normalized spacial score (nSPS) is 17.8. The lowest BCUT2D eigenvalue weighted by atomic mass is 9.84. The molecule has 0 fully saturated rings. The molecule has 1 aliphatic carbocycles. The van der Waals surface area contributed by atoms with Crippen LogP contribution in [0.5, 0.6) is 0 Å². The Bertz CT molecular complexity index is 559. The smallest absolute Gasteiger partial charge is 0.0299 e. The van der Waals surface area contributed by atoms with Crippen molar-refractivity contribution in [1.29, 1.82) is 0 Å². The number of aryl methyl sites for hydroxylation is 3. The summed E-state index contributed by atoms with van der Waals surface area (Å²) >= 11 is 0. The highest BCUT2D eigenvalue weighted by molar-refractivity contribution is 5.34. The van der Waals surface area contributed by atoms with Gasteiger partial charge >= 0.3 is 0 Å². The van der Waals surface area contributed by atoms with Crippen molar-refractivity contribution in [1.82, 2.24) is 4.98 Å². The van der Waals surface area contributed by atoms with Crippen LogP contribution in [0.1, 0.15) is 42.0 Å². The highest BCUT2D eigenvalue weighted by atomic mass is 14.6.